The molecule has 0 fully saturated rings. The van der Waals surface area contributed by atoms with Crippen LogP contribution in [0.4, 0.5) is 5.69 Å². The molecule has 1 aliphatic rings. The fourth-order valence-corrected chi connectivity index (χ4v) is 4.93. The summed E-state index contributed by atoms with van der Waals surface area (Å²) in [6.07, 6.45) is 1.01. The zero-order valence-corrected chi connectivity index (χ0v) is 17.2. The highest BCUT2D eigenvalue weighted by Gasteiger charge is 2.30. The van der Waals surface area contributed by atoms with Crippen LogP contribution in [0, 0.1) is 3.57 Å². The van der Waals surface area contributed by atoms with Gasteiger partial charge in [0.2, 0.25) is 5.91 Å². The fraction of sp³-hybridized carbons (Fsp3) is 0.190. The van der Waals surface area contributed by atoms with Crippen molar-refractivity contribution in [2.45, 2.75) is 12.5 Å². The summed E-state index contributed by atoms with van der Waals surface area (Å²) in [7, 11) is 0. The molecule has 0 unspecified atom stereocenters. The molecule has 4 rings (SSSR count). The normalized spacial score (nSPS) is 16.9. The van der Waals surface area contributed by atoms with Crippen LogP contribution in [0.1, 0.15) is 22.0 Å². The van der Waals surface area contributed by atoms with E-state index in [4.69, 9.17) is 0 Å². The van der Waals surface area contributed by atoms with E-state index < -0.39 is 0 Å². The molecule has 3 nitrogen and oxygen atoms in total. The van der Waals surface area contributed by atoms with Crippen molar-refractivity contribution in [3.63, 3.8) is 0 Å². The van der Waals surface area contributed by atoms with Gasteiger partial charge in [-0.05, 0) is 63.7 Å². The number of nitrogens with zero attached hydrogens (tertiary/aromatic N) is 1. The lowest BCUT2D eigenvalue weighted by atomic mass is 9.93. The molecule has 0 saturated carbocycles. The van der Waals surface area contributed by atoms with E-state index in [2.05, 4.69) is 68.5 Å². The Labute approximate surface area is 171 Å². The Morgan fingerprint density at radius 3 is 2.69 bits per heavy atom. The standard InChI is InChI=1S/C21H19IN2OS/c22-17-8-4-5-9-18(17)23-20(25)14-24-12-10-19-16(11-13-26-19)21(24)15-6-2-1-3-7-15/h1-9,11,13,21H,10,12,14H2,(H,23,25)/t21-/m0/s1. The van der Waals surface area contributed by atoms with Gasteiger partial charge in [-0.2, -0.15) is 0 Å². The number of anilines is 1. The monoisotopic (exact) mass is 474 g/mol. The Morgan fingerprint density at radius 2 is 1.88 bits per heavy atom. The Hall–Kier alpha value is -1.70. The fourth-order valence-electron chi connectivity index (χ4n) is 3.50. The second-order valence-electron chi connectivity index (χ2n) is 6.36. The summed E-state index contributed by atoms with van der Waals surface area (Å²) in [5, 5.41) is 5.23. The van der Waals surface area contributed by atoms with Gasteiger partial charge in [-0.1, -0.05) is 42.5 Å². The lowest BCUT2D eigenvalue weighted by Gasteiger charge is -2.35. The molecule has 2 aromatic carbocycles. The third kappa shape index (κ3) is 3.70. The lowest BCUT2D eigenvalue weighted by Crippen LogP contribution is -2.40. The van der Waals surface area contributed by atoms with Crippen molar-refractivity contribution in [2.24, 2.45) is 0 Å². The highest BCUT2D eigenvalue weighted by atomic mass is 127. The number of carbonyl (C=O) groups is 1. The number of fused-ring (bicyclic) bond motifs is 1. The third-order valence-corrected chi connectivity index (χ3v) is 6.61. The Balaban J connectivity index is 1.57. The average molecular weight is 474 g/mol. The molecule has 1 amide bonds. The van der Waals surface area contributed by atoms with Crippen molar-refractivity contribution in [3.8, 4) is 0 Å². The number of para-hydroxylation sites is 1. The van der Waals surface area contributed by atoms with Crippen LogP contribution in [0.15, 0.2) is 66.0 Å². The second kappa shape index (κ2) is 7.90. The number of rotatable bonds is 4. The number of amides is 1. The molecule has 3 aromatic rings. The molecule has 1 atom stereocenters. The number of hydrogen-bond acceptors (Lipinski definition) is 3. The lowest BCUT2D eigenvalue weighted by molar-refractivity contribution is -0.117. The number of hydrogen-bond donors (Lipinski definition) is 1. The summed E-state index contributed by atoms with van der Waals surface area (Å²) in [4.78, 5) is 16.4. The zero-order chi connectivity index (χ0) is 17.9. The van der Waals surface area contributed by atoms with Gasteiger partial charge in [0.05, 0.1) is 18.3 Å². The van der Waals surface area contributed by atoms with E-state index in [1.54, 1.807) is 0 Å². The maximum absolute atomic E-state index is 12.7. The predicted octanol–water partition coefficient (Wildman–Crippen LogP) is 4.94. The van der Waals surface area contributed by atoms with Crippen molar-refractivity contribution < 1.29 is 4.79 Å². The molecule has 0 spiro atoms. The Kier molecular flexibility index (Phi) is 5.38. The molecule has 5 heteroatoms. The van der Waals surface area contributed by atoms with Gasteiger partial charge in [0.1, 0.15) is 0 Å². The number of halogens is 1. The van der Waals surface area contributed by atoms with Gasteiger partial charge in [0, 0.05) is 15.0 Å². The van der Waals surface area contributed by atoms with Crippen LogP contribution in [-0.4, -0.2) is 23.9 Å². The summed E-state index contributed by atoms with van der Waals surface area (Å²) in [6, 6.07) is 20.7. The highest BCUT2D eigenvalue weighted by molar-refractivity contribution is 14.1. The summed E-state index contributed by atoms with van der Waals surface area (Å²) >= 11 is 4.07. The maximum Gasteiger partial charge on any atom is 0.238 e. The van der Waals surface area contributed by atoms with Crippen LogP contribution >= 0.6 is 33.9 Å². The Bertz CT molecular complexity index is 909. The second-order valence-corrected chi connectivity index (χ2v) is 8.52. The van der Waals surface area contributed by atoms with E-state index in [1.165, 1.54) is 16.0 Å². The molecule has 26 heavy (non-hydrogen) atoms. The summed E-state index contributed by atoms with van der Waals surface area (Å²) < 4.78 is 1.05. The number of carbonyl (C=O) groups excluding carboxylic acids is 1. The topological polar surface area (TPSA) is 32.3 Å². The molecule has 1 N–H and O–H groups in total. The summed E-state index contributed by atoms with van der Waals surface area (Å²) in [5.74, 6) is 0.0359. The molecule has 132 valence electrons. The third-order valence-electron chi connectivity index (χ3n) is 4.68. The number of nitrogens with one attached hydrogen (secondary N) is 1. The molecule has 0 bridgehead atoms. The largest absolute Gasteiger partial charge is 0.324 e. The number of benzene rings is 2. The molecule has 1 aromatic heterocycles. The molecule has 0 aliphatic carbocycles. The predicted molar refractivity (Wildman–Crippen MR) is 116 cm³/mol. The van der Waals surface area contributed by atoms with Crippen molar-refractivity contribution in [1.82, 2.24) is 4.90 Å². The SMILES string of the molecule is O=C(CN1CCc2sccc2[C@@H]1c1ccccc1)Nc1ccccc1I. The van der Waals surface area contributed by atoms with Gasteiger partial charge in [0.15, 0.2) is 0 Å². The van der Waals surface area contributed by atoms with Gasteiger partial charge in [0.25, 0.3) is 0 Å². The van der Waals surface area contributed by atoms with E-state index in [9.17, 15) is 4.79 Å². The smallest absolute Gasteiger partial charge is 0.238 e. The van der Waals surface area contributed by atoms with Crippen LogP contribution in [0.25, 0.3) is 0 Å². The number of thiophene rings is 1. The molecular weight excluding hydrogens is 455 g/mol. The van der Waals surface area contributed by atoms with Gasteiger partial charge >= 0.3 is 0 Å². The first-order valence-corrected chi connectivity index (χ1v) is 10.6. The molecule has 2 heterocycles. The van der Waals surface area contributed by atoms with Crippen molar-refractivity contribution >= 4 is 45.5 Å². The van der Waals surface area contributed by atoms with Crippen LogP contribution in [0.2, 0.25) is 0 Å². The van der Waals surface area contributed by atoms with Crippen molar-refractivity contribution in [1.29, 1.82) is 0 Å². The highest BCUT2D eigenvalue weighted by Crippen LogP contribution is 2.37. The maximum atomic E-state index is 12.7. The minimum atomic E-state index is 0.0359. The van der Waals surface area contributed by atoms with Crippen molar-refractivity contribution in [3.05, 3.63) is 85.6 Å². The van der Waals surface area contributed by atoms with Crippen molar-refractivity contribution in [2.75, 3.05) is 18.4 Å². The minimum Gasteiger partial charge on any atom is -0.324 e. The van der Waals surface area contributed by atoms with E-state index in [1.807, 2.05) is 41.7 Å². The first-order valence-electron chi connectivity index (χ1n) is 8.62. The quantitative estimate of drug-likeness (QED) is 0.544. The van der Waals surface area contributed by atoms with Gasteiger partial charge in [-0.3, -0.25) is 9.69 Å². The average Bonchev–Trinajstić information content (AvgIpc) is 3.13. The zero-order valence-electron chi connectivity index (χ0n) is 14.2. The molecule has 1 aliphatic heterocycles. The van der Waals surface area contributed by atoms with Gasteiger partial charge in [-0.25, -0.2) is 0 Å². The van der Waals surface area contributed by atoms with Crippen LogP contribution in [0.5, 0.6) is 0 Å². The minimum absolute atomic E-state index is 0.0359. The first kappa shape index (κ1) is 17.7. The van der Waals surface area contributed by atoms with E-state index in [0.29, 0.717) is 6.54 Å². The molecule has 0 radical (unpaired) electrons. The van der Waals surface area contributed by atoms with Crippen LogP contribution < -0.4 is 5.32 Å². The Morgan fingerprint density at radius 1 is 1.12 bits per heavy atom. The molecule has 0 saturated heterocycles. The van der Waals surface area contributed by atoms with Crippen LogP contribution in [-0.2, 0) is 11.2 Å². The van der Waals surface area contributed by atoms with E-state index >= 15 is 0 Å². The summed E-state index contributed by atoms with van der Waals surface area (Å²) in [5.41, 5.74) is 3.46. The summed E-state index contributed by atoms with van der Waals surface area (Å²) in [6.45, 7) is 1.28. The van der Waals surface area contributed by atoms with Gasteiger partial charge in [-0.15, -0.1) is 11.3 Å². The van der Waals surface area contributed by atoms with E-state index in [0.717, 1.165) is 22.2 Å². The molecular formula is C21H19IN2OS. The van der Waals surface area contributed by atoms with Gasteiger partial charge < -0.3 is 5.32 Å². The first-order chi connectivity index (χ1) is 12.7. The van der Waals surface area contributed by atoms with Crippen LogP contribution in [0.3, 0.4) is 0 Å². The van der Waals surface area contributed by atoms with E-state index in [-0.39, 0.29) is 11.9 Å².